The summed E-state index contributed by atoms with van der Waals surface area (Å²) in [5.74, 6) is 1.81. The molecule has 0 spiro atoms. The summed E-state index contributed by atoms with van der Waals surface area (Å²) in [7, 11) is 0. The molecule has 0 aliphatic heterocycles. The van der Waals surface area contributed by atoms with E-state index in [1.165, 1.54) is 27.3 Å². The minimum absolute atomic E-state index is 0.583. The van der Waals surface area contributed by atoms with Crippen LogP contribution >= 0.6 is 0 Å². The summed E-state index contributed by atoms with van der Waals surface area (Å²) in [6, 6.07) is 69.9. The number of furan rings is 1. The van der Waals surface area contributed by atoms with Crippen LogP contribution in [0.5, 0.6) is 0 Å². The fraction of sp³-hybridized carbons (Fsp3) is 0. The van der Waals surface area contributed by atoms with Gasteiger partial charge in [-0.25, -0.2) is 15.0 Å². The molecular formula is C53H33N3O. The zero-order valence-corrected chi connectivity index (χ0v) is 30.8. The summed E-state index contributed by atoms with van der Waals surface area (Å²) >= 11 is 0. The summed E-state index contributed by atoms with van der Waals surface area (Å²) in [4.78, 5) is 15.3. The van der Waals surface area contributed by atoms with Gasteiger partial charge in [0.05, 0.1) is 0 Å². The van der Waals surface area contributed by atoms with Crippen LogP contribution in [0.3, 0.4) is 0 Å². The van der Waals surface area contributed by atoms with Crippen molar-refractivity contribution in [3.63, 3.8) is 0 Å². The van der Waals surface area contributed by atoms with Gasteiger partial charge >= 0.3 is 0 Å². The van der Waals surface area contributed by atoms with E-state index in [4.69, 9.17) is 19.4 Å². The minimum Gasteiger partial charge on any atom is -0.456 e. The van der Waals surface area contributed by atoms with E-state index in [1.54, 1.807) is 0 Å². The molecule has 266 valence electrons. The first-order valence-electron chi connectivity index (χ1n) is 19.2. The molecule has 2 heterocycles. The third-order valence-corrected chi connectivity index (χ3v) is 10.9. The molecule has 0 saturated heterocycles. The van der Waals surface area contributed by atoms with Gasteiger partial charge in [-0.1, -0.05) is 176 Å². The normalized spacial score (nSPS) is 11.5. The molecule has 0 amide bonds. The van der Waals surface area contributed by atoms with Crippen molar-refractivity contribution in [1.82, 2.24) is 15.0 Å². The molecule has 0 fully saturated rings. The van der Waals surface area contributed by atoms with E-state index in [1.807, 2.05) is 18.2 Å². The number of fused-ring (bicyclic) bond motifs is 6. The minimum atomic E-state index is 0.583. The highest BCUT2D eigenvalue weighted by atomic mass is 16.3. The second kappa shape index (κ2) is 13.6. The number of aromatic nitrogens is 3. The number of hydrogen-bond donors (Lipinski definition) is 0. The highest BCUT2D eigenvalue weighted by Crippen LogP contribution is 2.39. The molecule has 2 aromatic heterocycles. The second-order valence-corrected chi connectivity index (χ2v) is 14.4. The van der Waals surface area contributed by atoms with Crippen LogP contribution in [0.1, 0.15) is 0 Å². The van der Waals surface area contributed by atoms with Crippen molar-refractivity contribution in [3.05, 3.63) is 200 Å². The molecule has 4 heteroatoms. The topological polar surface area (TPSA) is 51.8 Å². The van der Waals surface area contributed by atoms with Crippen LogP contribution in [-0.4, -0.2) is 15.0 Å². The molecule has 0 saturated carbocycles. The molecule has 0 N–H and O–H groups in total. The van der Waals surface area contributed by atoms with Gasteiger partial charge in [0, 0.05) is 27.5 Å². The molecule has 4 nitrogen and oxygen atoms in total. The van der Waals surface area contributed by atoms with E-state index in [0.29, 0.717) is 17.5 Å². The molecular weight excluding hydrogens is 695 g/mol. The van der Waals surface area contributed by atoms with Gasteiger partial charge in [0.1, 0.15) is 11.2 Å². The smallest absolute Gasteiger partial charge is 0.164 e. The van der Waals surface area contributed by atoms with Gasteiger partial charge in [0.2, 0.25) is 0 Å². The Labute approximate surface area is 329 Å². The molecule has 0 atom stereocenters. The zero-order valence-electron chi connectivity index (χ0n) is 30.8. The lowest BCUT2D eigenvalue weighted by Crippen LogP contribution is -2.00. The predicted octanol–water partition coefficient (Wildman–Crippen LogP) is 14.1. The number of hydrogen-bond acceptors (Lipinski definition) is 4. The Balaban J connectivity index is 1.03. The summed E-state index contributed by atoms with van der Waals surface area (Å²) in [6.07, 6.45) is 0. The van der Waals surface area contributed by atoms with Crippen LogP contribution in [0.4, 0.5) is 0 Å². The maximum absolute atomic E-state index is 6.57. The van der Waals surface area contributed by atoms with E-state index in [0.717, 1.165) is 66.3 Å². The Bertz CT molecular complexity index is 3260. The van der Waals surface area contributed by atoms with Crippen molar-refractivity contribution in [2.45, 2.75) is 0 Å². The van der Waals surface area contributed by atoms with Gasteiger partial charge in [-0.2, -0.15) is 0 Å². The first kappa shape index (κ1) is 32.7. The molecule has 0 unspecified atom stereocenters. The van der Waals surface area contributed by atoms with Crippen molar-refractivity contribution in [1.29, 1.82) is 0 Å². The van der Waals surface area contributed by atoms with Crippen molar-refractivity contribution in [2.24, 2.45) is 0 Å². The van der Waals surface area contributed by atoms with E-state index in [9.17, 15) is 0 Å². The monoisotopic (exact) mass is 727 g/mol. The van der Waals surface area contributed by atoms with E-state index >= 15 is 0 Å². The fourth-order valence-corrected chi connectivity index (χ4v) is 8.04. The lowest BCUT2D eigenvalue weighted by atomic mass is 9.96. The Morgan fingerprint density at radius 3 is 1.46 bits per heavy atom. The number of rotatable bonds is 6. The van der Waals surface area contributed by atoms with E-state index in [-0.39, 0.29) is 0 Å². The first-order chi connectivity index (χ1) is 28.2. The lowest BCUT2D eigenvalue weighted by molar-refractivity contribution is 0.669. The lowest BCUT2D eigenvalue weighted by Gasteiger charge is -2.10. The Kier molecular flexibility index (Phi) is 7.78. The second-order valence-electron chi connectivity index (χ2n) is 14.4. The van der Waals surface area contributed by atoms with Crippen molar-refractivity contribution in [3.8, 4) is 67.5 Å². The van der Waals surface area contributed by atoms with Crippen molar-refractivity contribution in [2.75, 3.05) is 0 Å². The van der Waals surface area contributed by atoms with Gasteiger partial charge < -0.3 is 4.42 Å². The van der Waals surface area contributed by atoms with Crippen LogP contribution in [-0.2, 0) is 0 Å². The van der Waals surface area contributed by atoms with E-state index in [2.05, 4.69) is 182 Å². The molecule has 11 aromatic rings. The molecule has 0 aliphatic rings. The van der Waals surface area contributed by atoms with Gasteiger partial charge in [0.15, 0.2) is 17.5 Å². The molecule has 9 aromatic carbocycles. The van der Waals surface area contributed by atoms with Crippen LogP contribution in [0.15, 0.2) is 205 Å². The van der Waals surface area contributed by atoms with Gasteiger partial charge in [-0.05, 0) is 79.2 Å². The molecule has 11 rings (SSSR count). The third kappa shape index (κ3) is 5.92. The summed E-state index contributed by atoms with van der Waals surface area (Å²) < 4.78 is 6.57. The largest absolute Gasteiger partial charge is 0.456 e. The maximum Gasteiger partial charge on any atom is 0.164 e. The standard InChI is InChI=1S/C53H33N3O/c1-3-10-34(11-4-1)36-18-22-39(23-19-36)46-16-9-17-48-50(46)47-31-29-43(33-49(47)57-48)53-55-51(40-25-20-37(21-26-40)35-12-5-2-6-13-35)54-52(56-53)42-28-30-45-41(32-42)27-24-38-14-7-8-15-44(38)45/h1-33H. The quantitative estimate of drug-likeness (QED) is 0.160. The average molecular weight is 728 g/mol. The molecule has 0 bridgehead atoms. The molecule has 0 radical (unpaired) electrons. The van der Waals surface area contributed by atoms with Crippen molar-refractivity contribution < 1.29 is 4.42 Å². The Hall–Kier alpha value is -7.69. The highest BCUT2D eigenvalue weighted by molar-refractivity contribution is 6.13. The van der Waals surface area contributed by atoms with Gasteiger partial charge in [-0.3, -0.25) is 0 Å². The van der Waals surface area contributed by atoms with Crippen LogP contribution < -0.4 is 0 Å². The van der Waals surface area contributed by atoms with Crippen molar-refractivity contribution >= 4 is 43.5 Å². The summed E-state index contributed by atoms with van der Waals surface area (Å²) in [5.41, 5.74) is 11.3. The van der Waals surface area contributed by atoms with Crippen LogP contribution in [0.2, 0.25) is 0 Å². The van der Waals surface area contributed by atoms with Gasteiger partial charge in [0.25, 0.3) is 0 Å². The summed E-state index contributed by atoms with van der Waals surface area (Å²) in [5, 5.41) is 6.91. The van der Waals surface area contributed by atoms with Crippen LogP contribution in [0.25, 0.3) is 111 Å². The highest BCUT2D eigenvalue weighted by Gasteiger charge is 2.17. The zero-order chi connectivity index (χ0) is 37.7. The SMILES string of the molecule is c1ccc(-c2ccc(-c3nc(-c4ccc5c(ccc6ccccc65)c4)nc(-c4ccc5c(c4)oc4cccc(-c6ccc(-c7ccccc7)cc6)c45)n3)cc2)cc1. The molecule has 0 aliphatic carbocycles. The van der Waals surface area contributed by atoms with E-state index < -0.39 is 0 Å². The Morgan fingerprint density at radius 1 is 0.281 bits per heavy atom. The molecule has 57 heavy (non-hydrogen) atoms. The summed E-state index contributed by atoms with van der Waals surface area (Å²) in [6.45, 7) is 0. The number of nitrogens with zero attached hydrogens (tertiary/aromatic N) is 3. The average Bonchev–Trinajstić information content (AvgIpc) is 3.68. The van der Waals surface area contributed by atoms with Gasteiger partial charge in [-0.15, -0.1) is 0 Å². The maximum atomic E-state index is 6.57. The fourth-order valence-electron chi connectivity index (χ4n) is 8.04. The third-order valence-electron chi connectivity index (χ3n) is 10.9. The van der Waals surface area contributed by atoms with Crippen LogP contribution in [0, 0.1) is 0 Å². The Morgan fingerprint density at radius 2 is 0.772 bits per heavy atom. The predicted molar refractivity (Wildman–Crippen MR) is 235 cm³/mol. The first-order valence-corrected chi connectivity index (χ1v) is 19.2. The number of benzene rings is 9.